The molecule has 0 saturated heterocycles. The Hall–Kier alpha value is -1.87. The van der Waals surface area contributed by atoms with Gasteiger partial charge in [0.1, 0.15) is 11.6 Å². The van der Waals surface area contributed by atoms with Crippen LogP contribution in [0.1, 0.15) is 37.8 Å². The van der Waals surface area contributed by atoms with Crippen LogP contribution in [0.5, 0.6) is 0 Å². The van der Waals surface area contributed by atoms with Gasteiger partial charge in [0.25, 0.3) is 5.91 Å². The molecule has 1 aromatic heterocycles. The highest BCUT2D eigenvalue weighted by atomic mass is 32.1. The standard InChI is InChI=1S/C14H18N4OS/c1-10-9-20-14(17-10)16-8-11(7-15)13(19)18-12-5-3-2-4-6-12/h8-9,12H,2-6H2,1H3,(H,16,17)(H,18,19)/b11-8-. The Morgan fingerprint density at radius 2 is 2.25 bits per heavy atom. The lowest BCUT2D eigenvalue weighted by Crippen LogP contribution is -2.37. The van der Waals surface area contributed by atoms with Crippen LogP contribution in [0, 0.1) is 18.3 Å². The van der Waals surface area contributed by atoms with E-state index in [1.165, 1.54) is 24.0 Å². The van der Waals surface area contributed by atoms with Gasteiger partial charge in [-0.3, -0.25) is 4.79 Å². The molecule has 0 spiro atoms. The Morgan fingerprint density at radius 3 is 2.85 bits per heavy atom. The lowest BCUT2D eigenvalue weighted by molar-refractivity contribution is -0.118. The van der Waals surface area contributed by atoms with Gasteiger partial charge < -0.3 is 10.6 Å². The molecule has 106 valence electrons. The summed E-state index contributed by atoms with van der Waals surface area (Å²) >= 11 is 1.44. The van der Waals surface area contributed by atoms with Crippen LogP contribution >= 0.6 is 11.3 Å². The SMILES string of the molecule is Cc1csc(N/C=C(/C#N)C(=O)NC2CCCCC2)n1. The highest BCUT2D eigenvalue weighted by Gasteiger charge is 2.18. The summed E-state index contributed by atoms with van der Waals surface area (Å²) in [5, 5.41) is 17.5. The largest absolute Gasteiger partial charge is 0.349 e. The van der Waals surface area contributed by atoms with E-state index in [4.69, 9.17) is 5.26 Å². The second-order valence-corrected chi connectivity index (χ2v) is 5.77. The molecular formula is C14H18N4OS. The highest BCUT2D eigenvalue weighted by molar-refractivity contribution is 7.13. The Kier molecular flexibility index (Phi) is 5.13. The average molecular weight is 290 g/mol. The fourth-order valence-corrected chi connectivity index (χ4v) is 2.87. The first kappa shape index (κ1) is 14.5. The molecule has 1 heterocycles. The summed E-state index contributed by atoms with van der Waals surface area (Å²) in [6.07, 6.45) is 6.96. The summed E-state index contributed by atoms with van der Waals surface area (Å²) in [4.78, 5) is 16.2. The van der Waals surface area contributed by atoms with E-state index < -0.39 is 0 Å². The number of nitrogens with zero attached hydrogens (tertiary/aromatic N) is 2. The topological polar surface area (TPSA) is 77.8 Å². The van der Waals surface area contributed by atoms with Gasteiger partial charge in [0.2, 0.25) is 0 Å². The summed E-state index contributed by atoms with van der Waals surface area (Å²) in [7, 11) is 0. The number of anilines is 1. The number of carbonyl (C=O) groups excluding carboxylic acids is 1. The van der Waals surface area contributed by atoms with E-state index in [0.29, 0.717) is 5.13 Å². The Morgan fingerprint density at radius 1 is 1.50 bits per heavy atom. The van der Waals surface area contributed by atoms with Crippen molar-refractivity contribution in [3.05, 3.63) is 22.8 Å². The zero-order valence-corrected chi connectivity index (χ0v) is 12.3. The maximum atomic E-state index is 12.0. The van der Waals surface area contributed by atoms with Gasteiger partial charge in [-0.2, -0.15) is 5.26 Å². The molecule has 20 heavy (non-hydrogen) atoms. The van der Waals surface area contributed by atoms with Crippen LogP contribution < -0.4 is 10.6 Å². The first-order valence-corrected chi connectivity index (χ1v) is 7.67. The molecule has 0 radical (unpaired) electrons. The minimum Gasteiger partial charge on any atom is -0.349 e. The van der Waals surface area contributed by atoms with Crippen molar-refractivity contribution in [2.75, 3.05) is 5.32 Å². The van der Waals surface area contributed by atoms with Crippen LogP contribution in [0.15, 0.2) is 17.2 Å². The number of nitriles is 1. The van der Waals surface area contributed by atoms with E-state index in [9.17, 15) is 4.79 Å². The molecule has 0 aromatic carbocycles. The maximum absolute atomic E-state index is 12.0. The van der Waals surface area contributed by atoms with Gasteiger partial charge in [0.15, 0.2) is 5.13 Å². The predicted molar refractivity (Wildman–Crippen MR) is 79.2 cm³/mol. The quantitative estimate of drug-likeness (QED) is 0.660. The number of hydrogen-bond acceptors (Lipinski definition) is 5. The molecule has 1 amide bonds. The van der Waals surface area contributed by atoms with Crippen LogP contribution in [-0.4, -0.2) is 16.9 Å². The molecule has 0 atom stereocenters. The second kappa shape index (κ2) is 7.06. The third-order valence-electron chi connectivity index (χ3n) is 3.26. The summed E-state index contributed by atoms with van der Waals surface area (Å²) < 4.78 is 0. The van der Waals surface area contributed by atoms with Gasteiger partial charge in [-0.25, -0.2) is 4.98 Å². The van der Waals surface area contributed by atoms with E-state index in [-0.39, 0.29) is 17.5 Å². The number of carbonyl (C=O) groups is 1. The van der Waals surface area contributed by atoms with Crippen LogP contribution in [0.3, 0.4) is 0 Å². The van der Waals surface area contributed by atoms with E-state index in [1.807, 2.05) is 18.4 Å². The Bertz CT molecular complexity index is 538. The van der Waals surface area contributed by atoms with Crippen molar-refractivity contribution in [1.82, 2.24) is 10.3 Å². The molecule has 0 unspecified atom stereocenters. The van der Waals surface area contributed by atoms with Crippen LogP contribution in [0.25, 0.3) is 0 Å². The molecule has 1 fully saturated rings. The van der Waals surface area contributed by atoms with Crippen LogP contribution in [-0.2, 0) is 4.79 Å². The van der Waals surface area contributed by atoms with E-state index >= 15 is 0 Å². The van der Waals surface area contributed by atoms with Crippen molar-refractivity contribution in [1.29, 1.82) is 5.26 Å². The van der Waals surface area contributed by atoms with Crippen molar-refractivity contribution >= 4 is 22.4 Å². The van der Waals surface area contributed by atoms with Crippen LogP contribution in [0.4, 0.5) is 5.13 Å². The third-order valence-corrected chi connectivity index (χ3v) is 4.16. The van der Waals surface area contributed by atoms with Crippen molar-refractivity contribution in [3.8, 4) is 6.07 Å². The first-order chi connectivity index (χ1) is 9.69. The van der Waals surface area contributed by atoms with Gasteiger partial charge in [-0.15, -0.1) is 11.3 Å². The van der Waals surface area contributed by atoms with Gasteiger partial charge in [-0.05, 0) is 19.8 Å². The zero-order valence-electron chi connectivity index (χ0n) is 11.5. The number of hydrogen-bond donors (Lipinski definition) is 2. The molecule has 1 saturated carbocycles. The van der Waals surface area contributed by atoms with Gasteiger partial charge in [0.05, 0.1) is 5.69 Å². The number of aromatic nitrogens is 1. The molecule has 5 nitrogen and oxygen atoms in total. The predicted octanol–water partition coefficient (Wildman–Crippen LogP) is 2.72. The highest BCUT2D eigenvalue weighted by Crippen LogP contribution is 2.18. The number of rotatable bonds is 4. The lowest BCUT2D eigenvalue weighted by Gasteiger charge is -2.22. The monoisotopic (exact) mass is 290 g/mol. The molecule has 1 aromatic rings. The third kappa shape index (κ3) is 4.07. The molecule has 1 aliphatic rings. The smallest absolute Gasteiger partial charge is 0.263 e. The van der Waals surface area contributed by atoms with Crippen molar-refractivity contribution in [2.24, 2.45) is 0 Å². The molecule has 6 heteroatoms. The summed E-state index contributed by atoms with van der Waals surface area (Å²) in [5.74, 6) is -0.305. The minimum atomic E-state index is -0.305. The maximum Gasteiger partial charge on any atom is 0.263 e. The van der Waals surface area contributed by atoms with Crippen LogP contribution in [0.2, 0.25) is 0 Å². The Balaban J connectivity index is 1.92. The van der Waals surface area contributed by atoms with Crippen molar-refractivity contribution in [2.45, 2.75) is 45.1 Å². The first-order valence-electron chi connectivity index (χ1n) is 6.79. The summed E-state index contributed by atoms with van der Waals surface area (Å²) in [6.45, 7) is 1.90. The molecular weight excluding hydrogens is 272 g/mol. The molecule has 1 aliphatic carbocycles. The zero-order chi connectivity index (χ0) is 14.4. The lowest BCUT2D eigenvalue weighted by atomic mass is 9.95. The normalized spacial score (nSPS) is 16.5. The van der Waals surface area contributed by atoms with E-state index in [1.54, 1.807) is 0 Å². The second-order valence-electron chi connectivity index (χ2n) is 4.92. The molecule has 0 bridgehead atoms. The number of amides is 1. The Labute approximate surface area is 122 Å². The van der Waals surface area contributed by atoms with Gasteiger partial charge in [0, 0.05) is 17.6 Å². The van der Waals surface area contributed by atoms with E-state index in [0.717, 1.165) is 31.4 Å². The summed E-state index contributed by atoms with van der Waals surface area (Å²) in [6, 6.07) is 2.14. The van der Waals surface area contributed by atoms with E-state index in [2.05, 4.69) is 15.6 Å². The number of aryl methyl sites for hydroxylation is 1. The van der Waals surface area contributed by atoms with Crippen molar-refractivity contribution < 1.29 is 4.79 Å². The number of thiazole rings is 1. The fraction of sp³-hybridized carbons (Fsp3) is 0.500. The number of nitrogens with one attached hydrogen (secondary N) is 2. The van der Waals surface area contributed by atoms with Crippen molar-refractivity contribution in [3.63, 3.8) is 0 Å². The average Bonchev–Trinajstić information content (AvgIpc) is 2.86. The molecule has 0 aliphatic heterocycles. The van der Waals surface area contributed by atoms with Gasteiger partial charge in [-0.1, -0.05) is 19.3 Å². The fourth-order valence-electron chi connectivity index (χ4n) is 2.21. The molecule has 2 rings (SSSR count). The molecule has 2 N–H and O–H groups in total. The summed E-state index contributed by atoms with van der Waals surface area (Å²) in [5.41, 5.74) is 1.000. The van der Waals surface area contributed by atoms with Gasteiger partial charge >= 0.3 is 0 Å². The minimum absolute atomic E-state index is 0.0865.